The van der Waals surface area contributed by atoms with Crippen molar-refractivity contribution in [1.82, 2.24) is 0 Å². The van der Waals surface area contributed by atoms with Crippen LogP contribution in [-0.4, -0.2) is 69.2 Å². The maximum Gasteiger partial charge on any atom is 0.331 e. The number of para-hydroxylation sites is 1. The Morgan fingerprint density at radius 1 is 0.979 bits per heavy atom. The second-order valence-electron chi connectivity index (χ2n) is 14.9. The van der Waals surface area contributed by atoms with Crippen molar-refractivity contribution in [3.8, 4) is 5.75 Å². The lowest BCUT2D eigenvalue weighted by Crippen LogP contribution is -2.78. The molecule has 0 heterocycles. The van der Waals surface area contributed by atoms with E-state index in [1.165, 1.54) is 19.1 Å². The van der Waals surface area contributed by atoms with Crippen molar-refractivity contribution in [1.29, 1.82) is 0 Å². The van der Waals surface area contributed by atoms with Crippen molar-refractivity contribution in [3.63, 3.8) is 0 Å². The van der Waals surface area contributed by atoms with Crippen LogP contribution in [-0.2, 0) is 23.9 Å². The van der Waals surface area contributed by atoms with Gasteiger partial charge < -0.3 is 29.5 Å². The molecular weight excluding hydrogens is 600 g/mol. The first-order valence-corrected chi connectivity index (χ1v) is 16.7. The molecule has 0 amide bonds. The van der Waals surface area contributed by atoms with Crippen LogP contribution in [0.4, 0.5) is 0 Å². The first kappa shape index (κ1) is 35.0. The molecule has 0 bridgehead atoms. The molecule has 5 rings (SSSR count). The number of benzene rings is 1. The van der Waals surface area contributed by atoms with Crippen LogP contribution in [0.3, 0.4) is 0 Å². The summed E-state index contributed by atoms with van der Waals surface area (Å²) in [6.07, 6.45) is 6.67. The van der Waals surface area contributed by atoms with E-state index < -0.39 is 57.4 Å². The Bertz CT molecular complexity index is 1520. The minimum Gasteiger partial charge on any atom is -0.496 e. The Morgan fingerprint density at radius 2 is 1.68 bits per heavy atom. The summed E-state index contributed by atoms with van der Waals surface area (Å²) in [5.41, 5.74) is -5.32. The molecule has 1 aromatic rings. The number of ketones is 1. The molecule has 3 N–H and O–H groups in total. The Hall–Kier alpha value is -3.27. The zero-order valence-corrected chi connectivity index (χ0v) is 28.7. The van der Waals surface area contributed by atoms with E-state index in [9.17, 15) is 29.7 Å². The van der Waals surface area contributed by atoms with Gasteiger partial charge in [0.1, 0.15) is 34.8 Å². The van der Waals surface area contributed by atoms with Gasteiger partial charge in [-0.05, 0) is 82.8 Å². The van der Waals surface area contributed by atoms with Crippen molar-refractivity contribution in [2.75, 3.05) is 7.11 Å². The summed E-state index contributed by atoms with van der Waals surface area (Å²) in [6, 6.07) is 7.37. The average Bonchev–Trinajstić information content (AvgIpc) is 3.25. The summed E-state index contributed by atoms with van der Waals surface area (Å²) < 4.78 is 17.3. The summed E-state index contributed by atoms with van der Waals surface area (Å²) in [5.74, 6) is -1.41. The van der Waals surface area contributed by atoms with Gasteiger partial charge in [0.25, 0.3) is 0 Å². The molecule has 3 saturated carbocycles. The fourth-order valence-electron chi connectivity index (χ4n) is 9.15. The molecule has 0 aromatic heterocycles. The highest BCUT2D eigenvalue weighted by Gasteiger charge is 2.81. The highest BCUT2D eigenvalue weighted by atomic mass is 16.6. The van der Waals surface area contributed by atoms with Gasteiger partial charge in [0, 0.05) is 30.1 Å². The van der Waals surface area contributed by atoms with Crippen LogP contribution >= 0.6 is 0 Å². The molecule has 4 aliphatic rings. The number of aliphatic hydroxyl groups is 3. The van der Waals surface area contributed by atoms with Crippen LogP contribution in [0.1, 0.15) is 92.1 Å². The number of carbonyl (C=O) groups excluding carboxylic acids is 3. The smallest absolute Gasteiger partial charge is 0.331 e. The highest BCUT2D eigenvalue weighted by Crippen LogP contribution is 2.71. The number of allylic oxidation sites excluding steroid dienone is 1. The third kappa shape index (κ3) is 5.39. The van der Waals surface area contributed by atoms with E-state index in [1.807, 2.05) is 58.0 Å². The number of ether oxygens (including phenoxy) is 3. The Balaban J connectivity index is 1.44. The standard InChI is InChI=1S/C38H50O9/c1-23(2)24(3)20-33(41)47-31-22-30-34(5)16-15-28(46-32(40)13-12-26-10-8-9-11-29(26)45-7)21-27(34)14-17-37(30,43)38(44)19-18-36(42,25(4)39)35(31,38)6/h8-14,20,23,28,30-31,42-44H,15-19,21-22H2,1-7H3/b13-12+,24-20+/t28-,30?,31+,34-,35+,36+,37-,38+/m0/s1. The van der Waals surface area contributed by atoms with E-state index in [4.69, 9.17) is 14.2 Å². The second kappa shape index (κ2) is 12.3. The molecule has 256 valence electrons. The zero-order valence-electron chi connectivity index (χ0n) is 28.7. The van der Waals surface area contributed by atoms with E-state index >= 15 is 0 Å². The maximum absolute atomic E-state index is 13.3. The van der Waals surface area contributed by atoms with Crippen LogP contribution in [0, 0.1) is 22.7 Å². The Labute approximate surface area is 277 Å². The minimum absolute atomic E-state index is 0.0283. The molecule has 4 aliphatic carbocycles. The van der Waals surface area contributed by atoms with Gasteiger partial charge in [-0.15, -0.1) is 0 Å². The summed E-state index contributed by atoms with van der Waals surface area (Å²) in [4.78, 5) is 39.2. The molecule has 0 radical (unpaired) electrons. The summed E-state index contributed by atoms with van der Waals surface area (Å²) in [7, 11) is 1.57. The first-order chi connectivity index (χ1) is 22.0. The van der Waals surface area contributed by atoms with Crippen molar-refractivity contribution >= 4 is 23.8 Å². The molecule has 8 atom stereocenters. The number of esters is 2. The van der Waals surface area contributed by atoms with Gasteiger partial charge in [-0.3, -0.25) is 4.79 Å². The number of carbonyl (C=O) groups is 3. The Kier molecular flexibility index (Phi) is 9.18. The van der Waals surface area contributed by atoms with E-state index in [-0.39, 0.29) is 37.7 Å². The molecule has 1 aromatic carbocycles. The number of fused-ring (bicyclic) bond motifs is 5. The summed E-state index contributed by atoms with van der Waals surface area (Å²) >= 11 is 0. The van der Waals surface area contributed by atoms with Gasteiger partial charge in [-0.2, -0.15) is 0 Å². The van der Waals surface area contributed by atoms with E-state index in [0.717, 1.165) is 16.7 Å². The van der Waals surface area contributed by atoms with Gasteiger partial charge in [-0.25, -0.2) is 9.59 Å². The topological polar surface area (TPSA) is 140 Å². The third-order valence-corrected chi connectivity index (χ3v) is 12.5. The van der Waals surface area contributed by atoms with E-state index in [2.05, 4.69) is 0 Å². The van der Waals surface area contributed by atoms with Crippen molar-refractivity contribution in [2.24, 2.45) is 22.7 Å². The number of methoxy groups -OCH3 is 1. The molecule has 1 unspecified atom stereocenters. The molecule has 0 spiro atoms. The summed E-state index contributed by atoms with van der Waals surface area (Å²) in [5, 5.41) is 37.2. The van der Waals surface area contributed by atoms with Gasteiger partial charge in [0.05, 0.1) is 12.5 Å². The van der Waals surface area contributed by atoms with E-state index in [1.54, 1.807) is 20.1 Å². The average molecular weight is 651 g/mol. The number of hydrogen-bond donors (Lipinski definition) is 3. The zero-order chi connectivity index (χ0) is 34.6. The van der Waals surface area contributed by atoms with Crippen molar-refractivity contribution in [2.45, 2.75) is 115 Å². The largest absolute Gasteiger partial charge is 0.496 e. The van der Waals surface area contributed by atoms with Crippen LogP contribution in [0.5, 0.6) is 5.75 Å². The molecule has 9 heteroatoms. The van der Waals surface area contributed by atoms with Gasteiger partial charge in [0.15, 0.2) is 5.78 Å². The van der Waals surface area contributed by atoms with Crippen LogP contribution < -0.4 is 4.74 Å². The van der Waals surface area contributed by atoms with Gasteiger partial charge >= 0.3 is 11.9 Å². The number of rotatable bonds is 8. The lowest BCUT2D eigenvalue weighted by Gasteiger charge is -2.67. The normalized spacial score (nSPS) is 38.2. The third-order valence-electron chi connectivity index (χ3n) is 12.5. The van der Waals surface area contributed by atoms with Crippen LogP contribution in [0.25, 0.3) is 6.08 Å². The fourth-order valence-corrected chi connectivity index (χ4v) is 9.15. The molecule has 9 nitrogen and oxygen atoms in total. The quantitative estimate of drug-likeness (QED) is 0.195. The minimum atomic E-state index is -2.00. The second-order valence-corrected chi connectivity index (χ2v) is 14.9. The Morgan fingerprint density at radius 3 is 2.34 bits per heavy atom. The van der Waals surface area contributed by atoms with Gasteiger partial charge in [-0.1, -0.05) is 56.2 Å². The lowest BCUT2D eigenvalue weighted by molar-refractivity contribution is -0.314. The predicted molar refractivity (Wildman–Crippen MR) is 176 cm³/mol. The number of Topliss-reactive ketones (excluding diaryl/α,β-unsaturated/α-hetero) is 1. The van der Waals surface area contributed by atoms with Crippen LogP contribution in [0.15, 0.2) is 53.6 Å². The van der Waals surface area contributed by atoms with Crippen LogP contribution in [0.2, 0.25) is 0 Å². The summed E-state index contributed by atoms with van der Waals surface area (Å²) in [6.45, 7) is 10.7. The van der Waals surface area contributed by atoms with Crippen molar-refractivity contribution in [3.05, 3.63) is 59.2 Å². The first-order valence-electron chi connectivity index (χ1n) is 16.7. The molecule has 0 aliphatic heterocycles. The lowest BCUT2D eigenvalue weighted by atomic mass is 9.42. The SMILES string of the molecule is COc1ccccc1/C=C/C(=O)O[C@H]1CC[C@@]2(C)C(=CC[C@]3(O)C2C[C@@H](OC(=O)/C=C(\C)C(C)C)[C@@]2(C)[C@]3(O)CC[C@@]2(O)C(C)=O)C1. The van der Waals surface area contributed by atoms with Crippen molar-refractivity contribution < 1.29 is 43.9 Å². The maximum atomic E-state index is 13.3. The molecule has 47 heavy (non-hydrogen) atoms. The molecule has 0 saturated heterocycles. The monoisotopic (exact) mass is 650 g/mol. The predicted octanol–water partition coefficient (Wildman–Crippen LogP) is 5.26. The van der Waals surface area contributed by atoms with E-state index in [0.29, 0.717) is 25.0 Å². The molecule has 3 fully saturated rings. The fraction of sp³-hybridized carbons (Fsp3) is 0.605. The highest BCUT2D eigenvalue weighted by molar-refractivity contribution is 5.88. The number of hydrogen-bond acceptors (Lipinski definition) is 9. The molecular formula is C38H50O9. The van der Waals surface area contributed by atoms with Gasteiger partial charge in [0.2, 0.25) is 0 Å².